The number of pyridine rings is 1. The molecule has 0 aromatic carbocycles. The van der Waals surface area contributed by atoms with E-state index in [1.807, 2.05) is 23.9 Å². The van der Waals surface area contributed by atoms with Gasteiger partial charge in [0.05, 0.1) is 5.69 Å². The van der Waals surface area contributed by atoms with Gasteiger partial charge in [0.15, 0.2) is 5.96 Å². The van der Waals surface area contributed by atoms with Crippen LogP contribution in [-0.4, -0.2) is 40.4 Å². The molecule has 0 amide bonds. The van der Waals surface area contributed by atoms with Gasteiger partial charge < -0.3 is 15.4 Å². The molecule has 7 nitrogen and oxygen atoms in total. The standard InChI is InChI=1S/C21H32N6O/c1-16-13-17(2)27(26-16)12-6-11-23-21(22-3)25-15-18-9-10-20(24-14-18)28-19-7-4-5-8-19/h9-10,13-14,19H,4-8,11-12,15H2,1-3H3,(H2,22,23,25). The SMILES string of the molecule is CN=C(NCCCn1nc(C)cc1C)NCc1ccc(OC2CCCC2)nc1. The van der Waals surface area contributed by atoms with Crippen LogP contribution in [0.2, 0.25) is 0 Å². The minimum absolute atomic E-state index is 0.342. The van der Waals surface area contributed by atoms with Crippen molar-refractivity contribution in [3.05, 3.63) is 41.3 Å². The van der Waals surface area contributed by atoms with Gasteiger partial charge in [-0.05, 0) is 57.6 Å². The van der Waals surface area contributed by atoms with Crippen molar-refractivity contribution in [1.82, 2.24) is 25.4 Å². The Kier molecular flexibility index (Phi) is 7.28. The molecule has 2 aromatic heterocycles. The van der Waals surface area contributed by atoms with Crippen molar-refractivity contribution in [2.24, 2.45) is 4.99 Å². The molecule has 2 aromatic rings. The summed E-state index contributed by atoms with van der Waals surface area (Å²) >= 11 is 0. The molecular formula is C21H32N6O. The maximum atomic E-state index is 5.91. The molecule has 0 unspecified atom stereocenters. The number of nitrogens with one attached hydrogen (secondary N) is 2. The number of hydrogen-bond acceptors (Lipinski definition) is 4. The average molecular weight is 385 g/mol. The quantitative estimate of drug-likeness (QED) is 0.416. The van der Waals surface area contributed by atoms with Gasteiger partial charge in [0.25, 0.3) is 0 Å². The van der Waals surface area contributed by atoms with Crippen molar-refractivity contribution < 1.29 is 4.74 Å². The van der Waals surface area contributed by atoms with Gasteiger partial charge in [-0.15, -0.1) is 0 Å². The predicted molar refractivity (Wildman–Crippen MR) is 112 cm³/mol. The summed E-state index contributed by atoms with van der Waals surface area (Å²) in [6, 6.07) is 6.12. The molecule has 2 heterocycles. The summed E-state index contributed by atoms with van der Waals surface area (Å²) in [6.45, 7) is 6.52. The summed E-state index contributed by atoms with van der Waals surface area (Å²) in [7, 11) is 1.78. The second-order valence-electron chi connectivity index (χ2n) is 7.39. The Balaban J connectivity index is 1.36. The van der Waals surface area contributed by atoms with Crippen molar-refractivity contribution in [2.45, 2.75) is 65.1 Å². The summed E-state index contributed by atoms with van der Waals surface area (Å²) < 4.78 is 7.96. The molecule has 1 fully saturated rings. The topological polar surface area (TPSA) is 76.4 Å². The zero-order chi connectivity index (χ0) is 19.8. The number of hydrogen-bond donors (Lipinski definition) is 2. The van der Waals surface area contributed by atoms with Crippen LogP contribution in [-0.2, 0) is 13.1 Å². The van der Waals surface area contributed by atoms with Gasteiger partial charge in [0, 0.05) is 44.6 Å². The van der Waals surface area contributed by atoms with Crippen molar-refractivity contribution in [3.8, 4) is 5.88 Å². The van der Waals surface area contributed by atoms with E-state index in [-0.39, 0.29) is 0 Å². The molecule has 3 rings (SSSR count). The van der Waals surface area contributed by atoms with Crippen molar-refractivity contribution in [2.75, 3.05) is 13.6 Å². The largest absolute Gasteiger partial charge is 0.474 e. The maximum Gasteiger partial charge on any atom is 0.213 e. The lowest BCUT2D eigenvalue weighted by Gasteiger charge is -2.14. The van der Waals surface area contributed by atoms with Crippen molar-refractivity contribution >= 4 is 5.96 Å². The van der Waals surface area contributed by atoms with E-state index in [0.29, 0.717) is 12.6 Å². The van der Waals surface area contributed by atoms with Gasteiger partial charge >= 0.3 is 0 Å². The van der Waals surface area contributed by atoms with Gasteiger partial charge in [-0.1, -0.05) is 6.07 Å². The van der Waals surface area contributed by atoms with E-state index in [0.717, 1.165) is 55.4 Å². The Labute approximate surface area is 167 Å². The molecular weight excluding hydrogens is 352 g/mol. The predicted octanol–water partition coefficient (Wildman–Crippen LogP) is 2.97. The van der Waals surface area contributed by atoms with E-state index in [4.69, 9.17) is 4.74 Å². The third kappa shape index (κ3) is 5.97. The first-order chi connectivity index (χ1) is 13.6. The number of nitrogens with zero attached hydrogens (tertiary/aromatic N) is 4. The smallest absolute Gasteiger partial charge is 0.213 e. The summed E-state index contributed by atoms with van der Waals surface area (Å²) in [6.07, 6.45) is 8.01. The Morgan fingerprint density at radius 2 is 2.07 bits per heavy atom. The second kappa shape index (κ2) is 10.1. The summed E-state index contributed by atoms with van der Waals surface area (Å²) in [5.41, 5.74) is 3.37. The molecule has 1 saturated carbocycles. The van der Waals surface area contributed by atoms with Crippen LogP contribution < -0.4 is 15.4 Å². The first-order valence-corrected chi connectivity index (χ1v) is 10.2. The zero-order valence-electron chi connectivity index (χ0n) is 17.2. The lowest BCUT2D eigenvalue weighted by molar-refractivity contribution is 0.201. The van der Waals surface area contributed by atoms with E-state index in [1.54, 1.807) is 7.05 Å². The Hall–Kier alpha value is -2.57. The van der Waals surface area contributed by atoms with Crippen LogP contribution in [0.15, 0.2) is 29.4 Å². The van der Waals surface area contributed by atoms with Crippen molar-refractivity contribution in [3.63, 3.8) is 0 Å². The van der Waals surface area contributed by atoms with E-state index >= 15 is 0 Å². The van der Waals surface area contributed by atoms with Crippen LogP contribution in [0.4, 0.5) is 0 Å². The fourth-order valence-corrected chi connectivity index (χ4v) is 3.51. The van der Waals surface area contributed by atoms with Crippen LogP contribution in [0.5, 0.6) is 5.88 Å². The third-order valence-corrected chi connectivity index (χ3v) is 5.01. The first-order valence-electron chi connectivity index (χ1n) is 10.2. The Bertz CT molecular complexity index is 762. The van der Waals surface area contributed by atoms with Gasteiger partial charge in [0.1, 0.15) is 6.10 Å². The van der Waals surface area contributed by atoms with E-state index in [9.17, 15) is 0 Å². The number of ether oxygens (including phenoxy) is 1. The molecule has 1 aliphatic rings. The van der Waals surface area contributed by atoms with Crippen LogP contribution in [0, 0.1) is 13.8 Å². The molecule has 152 valence electrons. The average Bonchev–Trinajstić information content (AvgIpc) is 3.31. The molecule has 0 spiro atoms. The van der Waals surface area contributed by atoms with Crippen LogP contribution in [0.1, 0.15) is 49.1 Å². The third-order valence-electron chi connectivity index (χ3n) is 5.01. The molecule has 1 aliphatic carbocycles. The van der Waals surface area contributed by atoms with E-state index in [2.05, 4.69) is 44.8 Å². The van der Waals surface area contributed by atoms with Gasteiger partial charge in [-0.2, -0.15) is 5.10 Å². The minimum Gasteiger partial charge on any atom is -0.474 e. The van der Waals surface area contributed by atoms with E-state index < -0.39 is 0 Å². The number of guanidine groups is 1. The monoisotopic (exact) mass is 384 g/mol. The molecule has 0 bridgehead atoms. The molecule has 0 saturated heterocycles. The highest BCUT2D eigenvalue weighted by Crippen LogP contribution is 2.22. The number of aryl methyl sites for hydroxylation is 3. The highest BCUT2D eigenvalue weighted by Gasteiger charge is 2.16. The molecule has 2 N–H and O–H groups in total. The van der Waals surface area contributed by atoms with Crippen LogP contribution in [0.3, 0.4) is 0 Å². The molecule has 0 aliphatic heterocycles. The van der Waals surface area contributed by atoms with E-state index in [1.165, 1.54) is 18.5 Å². The van der Waals surface area contributed by atoms with Gasteiger partial charge in [0.2, 0.25) is 5.88 Å². The van der Waals surface area contributed by atoms with Gasteiger partial charge in [-0.3, -0.25) is 9.67 Å². The summed E-state index contributed by atoms with van der Waals surface area (Å²) in [5, 5.41) is 11.2. The maximum absolute atomic E-state index is 5.91. The second-order valence-corrected chi connectivity index (χ2v) is 7.39. The number of rotatable bonds is 8. The Morgan fingerprint density at radius 1 is 1.25 bits per heavy atom. The molecule has 0 atom stereocenters. The first kappa shape index (κ1) is 20.2. The number of aliphatic imine (C=N–C) groups is 1. The molecule has 7 heteroatoms. The highest BCUT2D eigenvalue weighted by atomic mass is 16.5. The molecule has 0 radical (unpaired) electrons. The fraction of sp³-hybridized carbons (Fsp3) is 0.571. The van der Waals surface area contributed by atoms with Gasteiger partial charge in [-0.25, -0.2) is 4.98 Å². The van der Waals surface area contributed by atoms with Crippen molar-refractivity contribution in [1.29, 1.82) is 0 Å². The summed E-state index contributed by atoms with van der Waals surface area (Å²) in [4.78, 5) is 8.72. The lowest BCUT2D eigenvalue weighted by atomic mass is 10.3. The highest BCUT2D eigenvalue weighted by molar-refractivity contribution is 5.79. The molecule has 28 heavy (non-hydrogen) atoms. The normalized spacial score (nSPS) is 15.0. The fourth-order valence-electron chi connectivity index (χ4n) is 3.51. The van der Waals surface area contributed by atoms with Crippen LogP contribution in [0.25, 0.3) is 0 Å². The zero-order valence-corrected chi connectivity index (χ0v) is 17.2. The number of aromatic nitrogens is 3. The summed E-state index contributed by atoms with van der Waals surface area (Å²) in [5.74, 6) is 1.52. The van der Waals surface area contributed by atoms with Crippen LogP contribution >= 0.6 is 0 Å². The Morgan fingerprint density at radius 3 is 2.71 bits per heavy atom. The minimum atomic E-state index is 0.342. The lowest BCUT2D eigenvalue weighted by Crippen LogP contribution is -2.37.